The third-order valence-electron chi connectivity index (χ3n) is 4.69. The molecular formula is C18H28N2O4S. The van der Waals surface area contributed by atoms with Gasteiger partial charge in [-0.05, 0) is 51.7 Å². The van der Waals surface area contributed by atoms with Gasteiger partial charge in [-0.3, -0.25) is 4.79 Å². The Labute approximate surface area is 150 Å². The van der Waals surface area contributed by atoms with E-state index in [0.29, 0.717) is 30.8 Å². The van der Waals surface area contributed by atoms with Gasteiger partial charge in [0.1, 0.15) is 0 Å². The van der Waals surface area contributed by atoms with Crippen LogP contribution in [-0.4, -0.2) is 49.5 Å². The number of piperidine rings is 1. The van der Waals surface area contributed by atoms with Gasteiger partial charge in [0.15, 0.2) is 0 Å². The molecule has 1 heterocycles. The molecule has 2 N–H and O–H groups in total. The molecule has 1 aromatic carbocycles. The van der Waals surface area contributed by atoms with Gasteiger partial charge in [-0.15, -0.1) is 0 Å². The lowest BCUT2D eigenvalue weighted by atomic mass is 9.97. The largest absolute Gasteiger partial charge is 0.394 e. The monoisotopic (exact) mass is 368 g/mol. The van der Waals surface area contributed by atoms with Crippen LogP contribution in [0.25, 0.3) is 0 Å². The summed E-state index contributed by atoms with van der Waals surface area (Å²) >= 11 is 0. The minimum atomic E-state index is -3.56. The normalized spacial score (nSPS) is 18.1. The highest BCUT2D eigenvalue weighted by Crippen LogP contribution is 2.28. The number of hydrogen-bond acceptors (Lipinski definition) is 4. The number of nitrogens with zero attached hydrogens (tertiary/aromatic N) is 1. The van der Waals surface area contributed by atoms with E-state index in [4.69, 9.17) is 5.11 Å². The molecule has 1 fully saturated rings. The average Bonchev–Trinajstić information content (AvgIpc) is 2.53. The van der Waals surface area contributed by atoms with Crippen LogP contribution in [0.4, 0.5) is 0 Å². The van der Waals surface area contributed by atoms with E-state index in [1.807, 2.05) is 32.9 Å². The van der Waals surface area contributed by atoms with Crippen molar-refractivity contribution < 1.29 is 18.3 Å². The van der Waals surface area contributed by atoms with Crippen molar-refractivity contribution in [3.05, 3.63) is 28.8 Å². The van der Waals surface area contributed by atoms with Crippen LogP contribution in [-0.2, 0) is 14.8 Å². The number of rotatable bonds is 5. The van der Waals surface area contributed by atoms with Crippen molar-refractivity contribution in [3.63, 3.8) is 0 Å². The Bertz CT molecular complexity index is 714. The van der Waals surface area contributed by atoms with Crippen LogP contribution in [0.3, 0.4) is 0 Å². The fourth-order valence-electron chi connectivity index (χ4n) is 3.47. The van der Waals surface area contributed by atoms with Gasteiger partial charge in [0.05, 0.1) is 11.5 Å². The summed E-state index contributed by atoms with van der Waals surface area (Å²) in [6, 6.07) is 3.49. The van der Waals surface area contributed by atoms with Gasteiger partial charge in [-0.25, -0.2) is 8.42 Å². The number of carbonyl (C=O) groups is 1. The van der Waals surface area contributed by atoms with Crippen LogP contribution in [0, 0.1) is 26.7 Å². The standard InChI is InChI=1S/C18H28N2O4S/c1-12-9-13(2)17(14(3)10-12)25(23,24)20-7-5-16(6-8-20)18(22)19-15(4)11-21/h9-10,15-16,21H,5-8,11H2,1-4H3,(H,19,22). The van der Waals surface area contributed by atoms with Crippen molar-refractivity contribution in [2.75, 3.05) is 19.7 Å². The quantitative estimate of drug-likeness (QED) is 0.825. The molecule has 0 aliphatic carbocycles. The fraction of sp³-hybridized carbons (Fsp3) is 0.611. The van der Waals surface area contributed by atoms with Crippen LogP contribution in [0.2, 0.25) is 0 Å². The van der Waals surface area contributed by atoms with Crippen LogP contribution in [0.5, 0.6) is 0 Å². The van der Waals surface area contributed by atoms with E-state index in [-0.39, 0.29) is 24.5 Å². The summed E-state index contributed by atoms with van der Waals surface area (Å²) in [5, 5.41) is 11.8. The molecule has 1 aliphatic rings. The van der Waals surface area contributed by atoms with Gasteiger partial charge < -0.3 is 10.4 Å². The third kappa shape index (κ3) is 4.40. The maximum Gasteiger partial charge on any atom is 0.243 e. The Kier molecular flexibility index (Phi) is 6.24. The summed E-state index contributed by atoms with van der Waals surface area (Å²) in [6.45, 7) is 7.90. The lowest BCUT2D eigenvalue weighted by Crippen LogP contribution is -2.45. The summed E-state index contributed by atoms with van der Waals surface area (Å²) < 4.78 is 27.5. The summed E-state index contributed by atoms with van der Waals surface area (Å²) in [4.78, 5) is 12.5. The van der Waals surface area contributed by atoms with Crippen molar-refractivity contribution in [1.82, 2.24) is 9.62 Å². The Hall–Kier alpha value is -1.44. The Morgan fingerprint density at radius 3 is 2.24 bits per heavy atom. The van der Waals surface area contributed by atoms with Crippen molar-refractivity contribution in [2.24, 2.45) is 5.92 Å². The minimum absolute atomic E-state index is 0.106. The van der Waals surface area contributed by atoms with Crippen LogP contribution in [0.1, 0.15) is 36.5 Å². The van der Waals surface area contributed by atoms with Gasteiger partial charge >= 0.3 is 0 Å². The average molecular weight is 368 g/mol. The zero-order valence-electron chi connectivity index (χ0n) is 15.4. The van der Waals surface area contributed by atoms with E-state index in [9.17, 15) is 13.2 Å². The Balaban J connectivity index is 2.11. The maximum absolute atomic E-state index is 13.0. The molecule has 1 aliphatic heterocycles. The smallest absolute Gasteiger partial charge is 0.243 e. The van der Waals surface area contributed by atoms with E-state index in [1.54, 1.807) is 6.92 Å². The number of benzene rings is 1. The lowest BCUT2D eigenvalue weighted by molar-refractivity contribution is -0.127. The molecule has 1 saturated heterocycles. The van der Waals surface area contributed by atoms with E-state index in [1.165, 1.54) is 4.31 Å². The lowest BCUT2D eigenvalue weighted by Gasteiger charge is -2.31. The van der Waals surface area contributed by atoms with Crippen molar-refractivity contribution in [2.45, 2.75) is 51.5 Å². The van der Waals surface area contributed by atoms with Crippen LogP contribution >= 0.6 is 0 Å². The minimum Gasteiger partial charge on any atom is -0.394 e. The first kappa shape index (κ1) is 19.9. The summed E-state index contributed by atoms with van der Waals surface area (Å²) in [6.07, 6.45) is 0.986. The number of sulfonamides is 1. The van der Waals surface area contributed by atoms with E-state index >= 15 is 0 Å². The van der Waals surface area contributed by atoms with Gasteiger partial charge in [0, 0.05) is 25.0 Å². The van der Waals surface area contributed by atoms with Gasteiger partial charge in [0.25, 0.3) is 0 Å². The molecule has 0 radical (unpaired) electrons. The van der Waals surface area contributed by atoms with E-state index in [0.717, 1.165) is 16.7 Å². The van der Waals surface area contributed by atoms with Gasteiger partial charge in [-0.1, -0.05) is 17.7 Å². The topological polar surface area (TPSA) is 86.7 Å². The number of hydrogen-bond donors (Lipinski definition) is 2. The van der Waals surface area contributed by atoms with Gasteiger partial charge in [-0.2, -0.15) is 4.31 Å². The van der Waals surface area contributed by atoms with Crippen molar-refractivity contribution >= 4 is 15.9 Å². The number of nitrogens with one attached hydrogen (secondary N) is 1. The van der Waals surface area contributed by atoms with E-state index in [2.05, 4.69) is 5.32 Å². The highest BCUT2D eigenvalue weighted by molar-refractivity contribution is 7.89. The predicted octanol–water partition coefficient (Wildman–Crippen LogP) is 1.51. The molecule has 0 spiro atoms. The highest BCUT2D eigenvalue weighted by Gasteiger charge is 2.33. The highest BCUT2D eigenvalue weighted by atomic mass is 32.2. The van der Waals surface area contributed by atoms with Crippen molar-refractivity contribution in [3.8, 4) is 0 Å². The Morgan fingerprint density at radius 1 is 1.24 bits per heavy atom. The van der Waals surface area contributed by atoms with Crippen LogP contribution < -0.4 is 5.32 Å². The predicted molar refractivity (Wildman–Crippen MR) is 96.8 cm³/mol. The number of aliphatic hydroxyl groups excluding tert-OH is 1. The zero-order valence-corrected chi connectivity index (χ0v) is 16.2. The first-order valence-corrected chi connectivity index (χ1v) is 10.1. The molecule has 1 aromatic rings. The fourth-order valence-corrected chi connectivity index (χ4v) is 5.35. The first-order valence-electron chi connectivity index (χ1n) is 8.66. The second kappa shape index (κ2) is 7.85. The van der Waals surface area contributed by atoms with Crippen molar-refractivity contribution in [1.29, 1.82) is 0 Å². The molecule has 1 atom stereocenters. The number of aryl methyl sites for hydroxylation is 3. The zero-order chi connectivity index (χ0) is 18.8. The molecule has 7 heteroatoms. The Morgan fingerprint density at radius 2 is 1.76 bits per heavy atom. The number of amides is 1. The SMILES string of the molecule is Cc1cc(C)c(S(=O)(=O)N2CCC(C(=O)NC(C)CO)CC2)c(C)c1. The second-order valence-corrected chi connectivity index (χ2v) is 8.87. The second-order valence-electron chi connectivity index (χ2n) is 7.00. The molecule has 140 valence electrons. The molecule has 2 rings (SSSR count). The maximum atomic E-state index is 13.0. The first-order chi connectivity index (χ1) is 11.7. The van der Waals surface area contributed by atoms with E-state index < -0.39 is 10.0 Å². The number of carbonyl (C=O) groups excluding carboxylic acids is 1. The summed E-state index contributed by atoms with van der Waals surface area (Å²) in [7, 11) is -3.56. The molecule has 1 amide bonds. The molecule has 1 unspecified atom stereocenters. The molecule has 0 aromatic heterocycles. The van der Waals surface area contributed by atoms with Gasteiger partial charge in [0.2, 0.25) is 15.9 Å². The molecular weight excluding hydrogens is 340 g/mol. The summed E-state index contributed by atoms with van der Waals surface area (Å²) in [5.74, 6) is -0.318. The molecule has 0 bridgehead atoms. The van der Waals surface area contributed by atoms with Crippen LogP contribution in [0.15, 0.2) is 17.0 Å². The molecule has 6 nitrogen and oxygen atoms in total. The molecule has 0 saturated carbocycles. The summed E-state index contributed by atoms with van der Waals surface area (Å²) in [5.41, 5.74) is 2.56. The third-order valence-corrected chi connectivity index (χ3v) is 6.89. The number of aliphatic hydroxyl groups is 1. The molecule has 25 heavy (non-hydrogen) atoms.